The maximum Gasteiger partial charge on any atom is 0.162 e. The fourth-order valence-electron chi connectivity index (χ4n) is 2.61. The van der Waals surface area contributed by atoms with Crippen LogP contribution in [0, 0.1) is 0 Å². The van der Waals surface area contributed by atoms with E-state index < -0.39 is 0 Å². The largest absolute Gasteiger partial charge is 0.497 e. The number of ketones is 1. The number of carbonyl (C=O) groups excluding carboxylic acids is 1. The van der Waals surface area contributed by atoms with E-state index >= 15 is 0 Å². The minimum Gasteiger partial charge on any atom is -0.497 e. The highest BCUT2D eigenvalue weighted by Gasteiger charge is 2.06. The molecule has 1 heterocycles. The molecule has 0 amide bonds. The lowest BCUT2D eigenvalue weighted by atomic mass is 10.1. The van der Waals surface area contributed by atoms with Gasteiger partial charge in [-0.1, -0.05) is 6.92 Å². The standard InChI is InChI=1S/C21H22N2O2S/c1-3-4-20(24)16-5-9-17(10-6-16)22-13-21-23-19(14-26-21)15-7-11-18(25-2)12-8-15/h5-12,14,22H,3-4,13H2,1-2H3. The van der Waals surface area contributed by atoms with Crippen LogP contribution in [0.3, 0.4) is 0 Å². The van der Waals surface area contributed by atoms with Gasteiger partial charge in [0.2, 0.25) is 0 Å². The lowest BCUT2D eigenvalue weighted by Gasteiger charge is -2.05. The van der Waals surface area contributed by atoms with E-state index in [0.29, 0.717) is 13.0 Å². The number of hydrogen-bond donors (Lipinski definition) is 1. The van der Waals surface area contributed by atoms with Gasteiger partial charge < -0.3 is 10.1 Å². The first-order chi connectivity index (χ1) is 12.7. The van der Waals surface area contributed by atoms with E-state index in [4.69, 9.17) is 4.74 Å². The Labute approximate surface area is 157 Å². The smallest absolute Gasteiger partial charge is 0.162 e. The van der Waals surface area contributed by atoms with Crippen molar-refractivity contribution in [3.05, 3.63) is 64.5 Å². The second kappa shape index (κ2) is 8.63. The second-order valence-electron chi connectivity index (χ2n) is 5.96. The van der Waals surface area contributed by atoms with Crippen LogP contribution in [0.5, 0.6) is 5.75 Å². The number of hydrogen-bond acceptors (Lipinski definition) is 5. The predicted molar refractivity (Wildman–Crippen MR) is 107 cm³/mol. The van der Waals surface area contributed by atoms with Crippen LogP contribution in [0.2, 0.25) is 0 Å². The molecule has 0 aliphatic carbocycles. The number of aromatic nitrogens is 1. The van der Waals surface area contributed by atoms with Crippen LogP contribution >= 0.6 is 11.3 Å². The van der Waals surface area contributed by atoms with Gasteiger partial charge in [0, 0.05) is 28.6 Å². The van der Waals surface area contributed by atoms with E-state index in [1.165, 1.54) is 0 Å². The molecule has 4 nitrogen and oxygen atoms in total. The molecule has 0 spiro atoms. The minimum atomic E-state index is 0.197. The minimum absolute atomic E-state index is 0.197. The molecule has 0 radical (unpaired) electrons. The average molecular weight is 366 g/mol. The quantitative estimate of drug-likeness (QED) is 0.541. The molecule has 0 bridgehead atoms. The number of rotatable bonds is 8. The van der Waals surface area contributed by atoms with Crippen molar-refractivity contribution < 1.29 is 9.53 Å². The van der Waals surface area contributed by atoms with Crippen molar-refractivity contribution >= 4 is 22.8 Å². The molecule has 3 aromatic rings. The number of carbonyl (C=O) groups is 1. The fourth-order valence-corrected chi connectivity index (χ4v) is 3.35. The van der Waals surface area contributed by atoms with Crippen molar-refractivity contribution in [3.63, 3.8) is 0 Å². The molecule has 134 valence electrons. The molecule has 5 heteroatoms. The Morgan fingerprint density at radius 3 is 2.50 bits per heavy atom. The molecule has 3 rings (SSSR count). The number of ether oxygens (including phenoxy) is 1. The summed E-state index contributed by atoms with van der Waals surface area (Å²) in [5, 5.41) is 6.44. The topological polar surface area (TPSA) is 51.2 Å². The van der Waals surface area contributed by atoms with Crippen LogP contribution in [0.4, 0.5) is 5.69 Å². The van der Waals surface area contributed by atoms with Gasteiger partial charge in [0.25, 0.3) is 0 Å². The predicted octanol–water partition coefficient (Wildman–Crippen LogP) is 5.41. The summed E-state index contributed by atoms with van der Waals surface area (Å²) in [7, 11) is 1.66. The van der Waals surface area contributed by atoms with Gasteiger partial charge in [0.15, 0.2) is 5.78 Å². The summed E-state index contributed by atoms with van der Waals surface area (Å²) in [6.07, 6.45) is 1.47. The van der Waals surface area contributed by atoms with E-state index in [1.807, 2.05) is 55.5 Å². The van der Waals surface area contributed by atoms with Crippen LogP contribution in [-0.4, -0.2) is 17.9 Å². The number of thiazole rings is 1. The van der Waals surface area contributed by atoms with Crippen LogP contribution < -0.4 is 10.1 Å². The molecule has 0 saturated carbocycles. The third kappa shape index (κ3) is 4.49. The van der Waals surface area contributed by atoms with Crippen molar-refractivity contribution in [3.8, 4) is 17.0 Å². The zero-order chi connectivity index (χ0) is 18.4. The first-order valence-electron chi connectivity index (χ1n) is 8.65. The SMILES string of the molecule is CCCC(=O)c1ccc(NCc2nc(-c3ccc(OC)cc3)cs2)cc1. The summed E-state index contributed by atoms with van der Waals surface area (Å²) < 4.78 is 5.19. The highest BCUT2D eigenvalue weighted by Crippen LogP contribution is 2.24. The lowest BCUT2D eigenvalue weighted by Crippen LogP contribution is -2.01. The summed E-state index contributed by atoms with van der Waals surface area (Å²) in [5.41, 5.74) is 3.80. The molecule has 0 aliphatic rings. The number of anilines is 1. The monoisotopic (exact) mass is 366 g/mol. The van der Waals surface area contributed by atoms with Gasteiger partial charge in [-0.15, -0.1) is 11.3 Å². The summed E-state index contributed by atoms with van der Waals surface area (Å²) in [4.78, 5) is 16.6. The van der Waals surface area contributed by atoms with Gasteiger partial charge in [-0.05, 0) is 55.0 Å². The van der Waals surface area contributed by atoms with Gasteiger partial charge in [-0.25, -0.2) is 4.98 Å². The van der Waals surface area contributed by atoms with Gasteiger partial charge >= 0.3 is 0 Å². The first-order valence-corrected chi connectivity index (χ1v) is 9.53. The van der Waals surface area contributed by atoms with Gasteiger partial charge in [0.05, 0.1) is 19.3 Å². The Hall–Kier alpha value is -2.66. The molecule has 1 aromatic heterocycles. The van der Waals surface area contributed by atoms with Crippen molar-refractivity contribution in [1.29, 1.82) is 0 Å². The van der Waals surface area contributed by atoms with Crippen molar-refractivity contribution in [1.82, 2.24) is 4.98 Å². The summed E-state index contributed by atoms with van der Waals surface area (Å²) in [6.45, 7) is 2.67. The Morgan fingerprint density at radius 1 is 1.12 bits per heavy atom. The second-order valence-corrected chi connectivity index (χ2v) is 6.90. The van der Waals surface area contributed by atoms with Crippen LogP contribution in [0.25, 0.3) is 11.3 Å². The molecular weight excluding hydrogens is 344 g/mol. The van der Waals surface area contributed by atoms with Crippen molar-refractivity contribution in [2.24, 2.45) is 0 Å². The maximum absolute atomic E-state index is 11.9. The van der Waals surface area contributed by atoms with Crippen molar-refractivity contribution in [2.45, 2.75) is 26.3 Å². The van der Waals surface area contributed by atoms with E-state index in [-0.39, 0.29) is 5.78 Å². The van der Waals surface area contributed by atoms with E-state index in [2.05, 4.69) is 15.7 Å². The molecule has 0 unspecified atom stereocenters. The van der Waals surface area contributed by atoms with Gasteiger partial charge in [-0.2, -0.15) is 0 Å². The normalized spacial score (nSPS) is 10.5. The zero-order valence-electron chi connectivity index (χ0n) is 15.0. The van der Waals surface area contributed by atoms with Gasteiger partial charge in [0.1, 0.15) is 10.8 Å². The molecule has 0 fully saturated rings. The molecule has 2 aromatic carbocycles. The summed E-state index contributed by atoms with van der Waals surface area (Å²) in [6, 6.07) is 15.5. The molecule has 0 aliphatic heterocycles. The highest BCUT2D eigenvalue weighted by atomic mass is 32.1. The van der Waals surface area contributed by atoms with Gasteiger partial charge in [-0.3, -0.25) is 4.79 Å². The maximum atomic E-state index is 11.9. The third-order valence-corrected chi connectivity index (χ3v) is 4.91. The summed E-state index contributed by atoms with van der Waals surface area (Å²) in [5.74, 6) is 1.04. The Bertz CT molecular complexity index is 854. The summed E-state index contributed by atoms with van der Waals surface area (Å²) >= 11 is 1.63. The third-order valence-electron chi connectivity index (χ3n) is 4.07. The number of Topliss-reactive ketones (excluding diaryl/α,β-unsaturated/α-hetero) is 1. The number of nitrogens with one attached hydrogen (secondary N) is 1. The lowest BCUT2D eigenvalue weighted by molar-refractivity contribution is 0.0982. The Kier molecular flexibility index (Phi) is 6.02. The molecule has 26 heavy (non-hydrogen) atoms. The fraction of sp³-hybridized carbons (Fsp3) is 0.238. The Morgan fingerprint density at radius 2 is 1.85 bits per heavy atom. The van der Waals surface area contributed by atoms with E-state index in [9.17, 15) is 4.79 Å². The van der Waals surface area contributed by atoms with Crippen LogP contribution in [-0.2, 0) is 6.54 Å². The van der Waals surface area contributed by atoms with Crippen LogP contribution in [0.1, 0.15) is 35.1 Å². The van der Waals surface area contributed by atoms with E-state index in [0.717, 1.165) is 39.7 Å². The number of methoxy groups -OCH3 is 1. The van der Waals surface area contributed by atoms with Crippen molar-refractivity contribution in [2.75, 3.05) is 12.4 Å². The Balaban J connectivity index is 1.60. The first kappa shape index (κ1) is 18.1. The molecule has 0 saturated heterocycles. The number of benzene rings is 2. The zero-order valence-corrected chi connectivity index (χ0v) is 15.8. The average Bonchev–Trinajstić information content (AvgIpc) is 3.16. The van der Waals surface area contributed by atoms with Crippen LogP contribution in [0.15, 0.2) is 53.9 Å². The van der Waals surface area contributed by atoms with E-state index in [1.54, 1.807) is 18.4 Å². The molecular formula is C21H22N2O2S. The highest BCUT2D eigenvalue weighted by molar-refractivity contribution is 7.09. The molecule has 1 N–H and O–H groups in total. The molecule has 0 atom stereocenters. The number of nitrogens with zero attached hydrogens (tertiary/aromatic N) is 1.